The van der Waals surface area contributed by atoms with E-state index in [1.54, 1.807) is 24.3 Å². The fourth-order valence-corrected chi connectivity index (χ4v) is 2.47. The van der Waals surface area contributed by atoms with Gasteiger partial charge >= 0.3 is 0 Å². The highest BCUT2D eigenvalue weighted by Crippen LogP contribution is 2.19. The lowest BCUT2D eigenvalue weighted by Gasteiger charge is -2.23. The van der Waals surface area contributed by atoms with Crippen molar-refractivity contribution in [3.8, 4) is 0 Å². The first-order valence-corrected chi connectivity index (χ1v) is 7.05. The van der Waals surface area contributed by atoms with Crippen LogP contribution in [0.5, 0.6) is 0 Å². The molecule has 2 aromatic rings. The number of primary amides is 1. The van der Waals surface area contributed by atoms with Gasteiger partial charge in [0.2, 0.25) is 5.91 Å². The molecule has 0 aliphatic heterocycles. The minimum Gasteiger partial charge on any atom is -0.370 e. The number of nitrogens with two attached hydrogens (primary N) is 1. The summed E-state index contributed by atoms with van der Waals surface area (Å²) in [6, 6.07) is 6.78. The van der Waals surface area contributed by atoms with E-state index in [0.29, 0.717) is 22.5 Å². The minimum absolute atomic E-state index is 0.00653. The van der Waals surface area contributed by atoms with Gasteiger partial charge in [0.05, 0.1) is 10.5 Å². The molecule has 3 N–H and O–H groups in total. The Balaban J connectivity index is 2.29. The predicted octanol–water partition coefficient (Wildman–Crippen LogP) is 1.88. The molecule has 0 saturated carbocycles. The molecule has 5 nitrogen and oxygen atoms in total. The van der Waals surface area contributed by atoms with Gasteiger partial charge in [-0.25, -0.2) is 0 Å². The molecule has 1 aromatic heterocycles. The van der Waals surface area contributed by atoms with Crippen molar-refractivity contribution in [3.05, 3.63) is 45.2 Å². The van der Waals surface area contributed by atoms with Gasteiger partial charge in [-0.2, -0.15) is 0 Å². The topological polar surface area (TPSA) is 79.2 Å². The number of aromatic nitrogens is 1. The maximum absolute atomic E-state index is 12.1. The highest BCUT2D eigenvalue weighted by Gasteiger charge is 2.13. The number of halogens is 1. The van der Waals surface area contributed by atoms with E-state index < -0.39 is 0 Å². The minimum atomic E-state index is -0.343. The third kappa shape index (κ3) is 3.62. The Morgan fingerprint density at radius 2 is 2.19 bits per heavy atom. The first-order chi connectivity index (χ1) is 9.88. The van der Waals surface area contributed by atoms with Crippen molar-refractivity contribution < 1.29 is 4.79 Å². The van der Waals surface area contributed by atoms with E-state index in [1.807, 2.05) is 18.9 Å². The molecular formula is C15H18ClN3O2. The number of hydrogen-bond acceptors (Lipinski definition) is 3. The average molecular weight is 308 g/mol. The van der Waals surface area contributed by atoms with E-state index in [2.05, 4.69) is 4.98 Å². The van der Waals surface area contributed by atoms with E-state index in [0.717, 1.165) is 5.69 Å². The van der Waals surface area contributed by atoms with Crippen LogP contribution in [0.25, 0.3) is 10.9 Å². The second kappa shape index (κ2) is 6.28. The van der Waals surface area contributed by atoms with Crippen LogP contribution < -0.4 is 11.2 Å². The zero-order valence-electron chi connectivity index (χ0n) is 12.0. The van der Waals surface area contributed by atoms with Crippen LogP contribution in [0.2, 0.25) is 5.02 Å². The first-order valence-electron chi connectivity index (χ1n) is 6.67. The summed E-state index contributed by atoms with van der Waals surface area (Å²) in [5.41, 5.74) is 6.52. The summed E-state index contributed by atoms with van der Waals surface area (Å²) in [5, 5.41) is 1.08. The van der Waals surface area contributed by atoms with Crippen LogP contribution in [-0.2, 0) is 11.3 Å². The number of hydrogen-bond donors (Lipinski definition) is 2. The van der Waals surface area contributed by atoms with E-state index in [1.165, 1.54) is 0 Å². The summed E-state index contributed by atoms with van der Waals surface area (Å²) < 4.78 is 0. The summed E-state index contributed by atoms with van der Waals surface area (Å²) in [6.07, 6.45) is 0.273. The van der Waals surface area contributed by atoms with Gasteiger partial charge in [0.15, 0.2) is 5.43 Å². The van der Waals surface area contributed by atoms with E-state index in [-0.39, 0.29) is 23.8 Å². The fourth-order valence-electron chi connectivity index (χ4n) is 2.25. The number of carbonyl (C=O) groups excluding carboxylic acids is 1. The van der Waals surface area contributed by atoms with Crippen LogP contribution in [0.15, 0.2) is 29.1 Å². The summed E-state index contributed by atoms with van der Waals surface area (Å²) >= 11 is 6.12. The van der Waals surface area contributed by atoms with Crippen molar-refractivity contribution in [2.45, 2.75) is 25.9 Å². The number of amides is 1. The van der Waals surface area contributed by atoms with Crippen molar-refractivity contribution >= 4 is 28.4 Å². The smallest absolute Gasteiger partial charge is 0.218 e. The van der Waals surface area contributed by atoms with Crippen LogP contribution in [0.4, 0.5) is 0 Å². The number of fused-ring (bicyclic) bond motifs is 1. The molecule has 112 valence electrons. The van der Waals surface area contributed by atoms with Gasteiger partial charge in [0, 0.05) is 36.2 Å². The molecule has 0 saturated heterocycles. The lowest BCUT2D eigenvalue weighted by Crippen LogP contribution is -2.33. The van der Waals surface area contributed by atoms with Gasteiger partial charge < -0.3 is 10.7 Å². The Labute approximate surface area is 127 Å². The van der Waals surface area contributed by atoms with Gasteiger partial charge in [0.25, 0.3) is 0 Å². The average Bonchev–Trinajstić information content (AvgIpc) is 2.39. The molecule has 0 fully saturated rings. The van der Waals surface area contributed by atoms with Gasteiger partial charge in [0.1, 0.15) is 0 Å². The van der Waals surface area contributed by atoms with Crippen molar-refractivity contribution in [1.82, 2.24) is 9.88 Å². The number of carbonyl (C=O) groups is 1. The predicted molar refractivity (Wildman–Crippen MR) is 84.3 cm³/mol. The standard InChI is InChI=1S/C15H18ClN3O2/c1-9(6-14(17)21)19(2)8-10-7-13(20)11-4-3-5-12(16)15(11)18-10/h3-5,7,9H,6,8H2,1-2H3,(H2,17,21)(H,18,20). The SMILES string of the molecule is CC(CC(N)=O)N(C)Cc1cc(=O)c2cccc(Cl)c2[nH]1. The Morgan fingerprint density at radius 3 is 2.86 bits per heavy atom. The van der Waals surface area contributed by atoms with Crippen LogP contribution in [0.3, 0.4) is 0 Å². The molecule has 1 aromatic carbocycles. The van der Waals surface area contributed by atoms with E-state index in [9.17, 15) is 9.59 Å². The van der Waals surface area contributed by atoms with Crippen molar-refractivity contribution in [2.75, 3.05) is 7.05 Å². The van der Waals surface area contributed by atoms with Crippen molar-refractivity contribution in [1.29, 1.82) is 0 Å². The zero-order valence-corrected chi connectivity index (χ0v) is 12.8. The molecule has 6 heteroatoms. The molecule has 1 atom stereocenters. The van der Waals surface area contributed by atoms with E-state index in [4.69, 9.17) is 17.3 Å². The molecule has 0 aliphatic carbocycles. The summed E-state index contributed by atoms with van der Waals surface area (Å²) in [6.45, 7) is 2.42. The van der Waals surface area contributed by atoms with Gasteiger partial charge in [-0.15, -0.1) is 0 Å². The number of para-hydroxylation sites is 1. The molecule has 1 unspecified atom stereocenters. The molecule has 2 rings (SSSR count). The molecule has 0 aliphatic rings. The molecule has 21 heavy (non-hydrogen) atoms. The lowest BCUT2D eigenvalue weighted by atomic mass is 10.1. The number of nitrogens with one attached hydrogen (secondary N) is 1. The quantitative estimate of drug-likeness (QED) is 0.885. The van der Waals surface area contributed by atoms with Crippen LogP contribution in [0.1, 0.15) is 19.0 Å². The highest BCUT2D eigenvalue weighted by molar-refractivity contribution is 6.35. The molecule has 1 amide bonds. The molecule has 0 bridgehead atoms. The maximum Gasteiger partial charge on any atom is 0.218 e. The third-order valence-electron chi connectivity index (χ3n) is 3.54. The van der Waals surface area contributed by atoms with Crippen LogP contribution in [0, 0.1) is 0 Å². The molecule has 0 spiro atoms. The maximum atomic E-state index is 12.1. The third-order valence-corrected chi connectivity index (χ3v) is 3.85. The largest absolute Gasteiger partial charge is 0.370 e. The van der Waals surface area contributed by atoms with Gasteiger partial charge in [-0.1, -0.05) is 17.7 Å². The zero-order chi connectivity index (χ0) is 15.6. The second-order valence-corrected chi connectivity index (χ2v) is 5.66. The number of rotatable bonds is 5. The van der Waals surface area contributed by atoms with Crippen molar-refractivity contribution in [2.24, 2.45) is 5.73 Å². The Morgan fingerprint density at radius 1 is 1.48 bits per heavy atom. The number of H-pyrrole nitrogens is 1. The Hall–Kier alpha value is -1.85. The lowest BCUT2D eigenvalue weighted by molar-refractivity contribution is -0.119. The Bertz CT molecular complexity index is 726. The van der Waals surface area contributed by atoms with Crippen LogP contribution >= 0.6 is 11.6 Å². The highest BCUT2D eigenvalue weighted by atomic mass is 35.5. The number of nitrogens with zero attached hydrogens (tertiary/aromatic N) is 1. The molecule has 0 radical (unpaired) electrons. The van der Waals surface area contributed by atoms with E-state index >= 15 is 0 Å². The fraction of sp³-hybridized carbons (Fsp3) is 0.333. The normalized spacial score (nSPS) is 12.8. The van der Waals surface area contributed by atoms with Crippen LogP contribution in [-0.4, -0.2) is 28.9 Å². The van der Waals surface area contributed by atoms with Crippen molar-refractivity contribution in [3.63, 3.8) is 0 Å². The Kier molecular flexibility index (Phi) is 4.65. The first kappa shape index (κ1) is 15.5. The monoisotopic (exact) mass is 307 g/mol. The summed E-state index contributed by atoms with van der Waals surface area (Å²) in [5.74, 6) is -0.343. The number of pyridine rings is 1. The number of benzene rings is 1. The molecule has 1 heterocycles. The molecular weight excluding hydrogens is 290 g/mol. The number of aromatic amines is 1. The summed E-state index contributed by atoms with van der Waals surface area (Å²) in [4.78, 5) is 28.2. The summed E-state index contributed by atoms with van der Waals surface area (Å²) in [7, 11) is 1.88. The second-order valence-electron chi connectivity index (χ2n) is 5.26. The van der Waals surface area contributed by atoms with Gasteiger partial charge in [-0.05, 0) is 26.1 Å². The van der Waals surface area contributed by atoms with Gasteiger partial charge in [-0.3, -0.25) is 14.5 Å².